The molecule has 0 aromatic heterocycles. The fourth-order valence-corrected chi connectivity index (χ4v) is 2.13. The Morgan fingerprint density at radius 2 is 2.10 bits per heavy atom. The van der Waals surface area contributed by atoms with Gasteiger partial charge in [-0.2, -0.15) is 0 Å². The first-order valence-electron chi connectivity index (χ1n) is 6.99. The zero-order valence-corrected chi connectivity index (χ0v) is 11.8. The van der Waals surface area contributed by atoms with Gasteiger partial charge in [-0.1, -0.05) is 24.3 Å². The van der Waals surface area contributed by atoms with Crippen molar-refractivity contribution in [2.45, 2.75) is 32.3 Å². The summed E-state index contributed by atoms with van der Waals surface area (Å²) in [6.07, 6.45) is 5.23. The number of carbonyl (C=O) groups excluding carboxylic acids is 2. The maximum atomic E-state index is 13.4. The van der Waals surface area contributed by atoms with E-state index in [4.69, 9.17) is 4.74 Å². The van der Waals surface area contributed by atoms with E-state index in [9.17, 15) is 14.0 Å². The van der Waals surface area contributed by atoms with Crippen LogP contribution in [-0.2, 0) is 14.3 Å². The first kappa shape index (κ1) is 15.2. The molecule has 0 saturated heterocycles. The van der Waals surface area contributed by atoms with Gasteiger partial charge in [-0.3, -0.25) is 9.59 Å². The topological polar surface area (TPSA) is 55.4 Å². The highest BCUT2D eigenvalue weighted by molar-refractivity contribution is 5.95. The van der Waals surface area contributed by atoms with Gasteiger partial charge >= 0.3 is 5.97 Å². The normalized spacial score (nSPS) is 18.9. The van der Waals surface area contributed by atoms with Crippen molar-refractivity contribution in [1.29, 1.82) is 0 Å². The average molecular weight is 291 g/mol. The fraction of sp³-hybridized carbons (Fsp3) is 0.375. The third kappa shape index (κ3) is 4.15. The van der Waals surface area contributed by atoms with Crippen LogP contribution in [0, 0.1) is 11.7 Å². The molecular weight excluding hydrogens is 273 g/mol. The number of amides is 1. The lowest BCUT2D eigenvalue weighted by Crippen LogP contribution is -2.32. The van der Waals surface area contributed by atoms with Crippen molar-refractivity contribution in [2.75, 3.05) is 5.32 Å². The van der Waals surface area contributed by atoms with Crippen molar-refractivity contribution >= 4 is 17.6 Å². The number of halogens is 1. The number of allylic oxidation sites excluding steroid dienone is 2. The minimum atomic E-state index is -0.956. The van der Waals surface area contributed by atoms with Crippen LogP contribution in [0.15, 0.2) is 36.4 Å². The summed E-state index contributed by atoms with van der Waals surface area (Å²) < 4.78 is 18.6. The summed E-state index contributed by atoms with van der Waals surface area (Å²) in [6.45, 7) is 1.48. The Morgan fingerprint density at radius 3 is 2.76 bits per heavy atom. The predicted molar refractivity (Wildman–Crippen MR) is 77.1 cm³/mol. The van der Waals surface area contributed by atoms with E-state index in [0.717, 1.165) is 12.8 Å². The van der Waals surface area contributed by atoms with E-state index in [1.54, 1.807) is 6.07 Å². The van der Waals surface area contributed by atoms with E-state index in [1.807, 2.05) is 12.2 Å². The van der Waals surface area contributed by atoms with Crippen LogP contribution in [0.1, 0.15) is 26.2 Å². The van der Waals surface area contributed by atoms with Gasteiger partial charge in [0.25, 0.3) is 5.91 Å². The summed E-state index contributed by atoms with van der Waals surface area (Å²) >= 11 is 0. The van der Waals surface area contributed by atoms with Crippen LogP contribution in [-0.4, -0.2) is 18.0 Å². The van der Waals surface area contributed by atoms with Crippen LogP contribution < -0.4 is 5.32 Å². The largest absolute Gasteiger partial charge is 0.452 e. The summed E-state index contributed by atoms with van der Waals surface area (Å²) in [5.74, 6) is -1.64. The van der Waals surface area contributed by atoms with E-state index < -0.39 is 17.8 Å². The molecule has 0 aliphatic heterocycles. The summed E-state index contributed by atoms with van der Waals surface area (Å²) in [7, 11) is 0. The minimum Gasteiger partial charge on any atom is -0.452 e. The van der Waals surface area contributed by atoms with Crippen LogP contribution in [0.2, 0.25) is 0 Å². The summed E-state index contributed by atoms with van der Waals surface area (Å²) in [5.41, 5.74) is 0.0750. The van der Waals surface area contributed by atoms with Crippen molar-refractivity contribution in [1.82, 2.24) is 0 Å². The molecule has 0 radical (unpaired) electrons. The quantitative estimate of drug-likeness (QED) is 0.685. The highest BCUT2D eigenvalue weighted by Gasteiger charge is 2.25. The zero-order valence-electron chi connectivity index (χ0n) is 11.8. The second-order valence-corrected chi connectivity index (χ2v) is 5.03. The van der Waals surface area contributed by atoms with Gasteiger partial charge in [0, 0.05) is 0 Å². The molecule has 0 spiro atoms. The van der Waals surface area contributed by atoms with E-state index in [-0.39, 0.29) is 17.6 Å². The smallest absolute Gasteiger partial charge is 0.310 e. The third-order valence-electron chi connectivity index (χ3n) is 3.40. The lowest BCUT2D eigenvalue weighted by atomic mass is 9.95. The van der Waals surface area contributed by atoms with Crippen molar-refractivity contribution in [2.24, 2.45) is 5.92 Å². The summed E-state index contributed by atoms with van der Waals surface area (Å²) in [4.78, 5) is 23.8. The van der Waals surface area contributed by atoms with Crippen molar-refractivity contribution in [3.8, 4) is 0 Å². The fourth-order valence-electron chi connectivity index (χ4n) is 2.13. The molecule has 0 bridgehead atoms. The van der Waals surface area contributed by atoms with Gasteiger partial charge in [0.2, 0.25) is 0 Å². The Morgan fingerprint density at radius 1 is 1.33 bits per heavy atom. The number of ether oxygens (including phenoxy) is 1. The summed E-state index contributed by atoms with van der Waals surface area (Å²) in [6, 6.07) is 5.85. The van der Waals surface area contributed by atoms with Crippen LogP contribution in [0.4, 0.5) is 10.1 Å². The Balaban J connectivity index is 1.89. The van der Waals surface area contributed by atoms with Gasteiger partial charge in [0.05, 0.1) is 11.6 Å². The maximum Gasteiger partial charge on any atom is 0.310 e. The molecule has 1 aromatic rings. The molecule has 0 saturated carbocycles. The lowest BCUT2D eigenvalue weighted by molar-refractivity contribution is -0.157. The zero-order chi connectivity index (χ0) is 15.2. The lowest BCUT2D eigenvalue weighted by Gasteiger charge is -2.19. The van der Waals surface area contributed by atoms with Gasteiger partial charge in [-0.05, 0) is 38.3 Å². The summed E-state index contributed by atoms with van der Waals surface area (Å²) in [5, 5.41) is 2.41. The molecule has 1 amide bonds. The van der Waals surface area contributed by atoms with Crippen molar-refractivity contribution < 1.29 is 18.7 Å². The highest BCUT2D eigenvalue weighted by Crippen LogP contribution is 2.20. The second kappa shape index (κ2) is 7.02. The molecule has 0 heterocycles. The van der Waals surface area contributed by atoms with Crippen molar-refractivity contribution in [3.63, 3.8) is 0 Å². The van der Waals surface area contributed by atoms with Gasteiger partial charge in [0.1, 0.15) is 5.82 Å². The van der Waals surface area contributed by atoms with E-state index in [1.165, 1.54) is 25.1 Å². The molecule has 112 valence electrons. The Bertz CT molecular complexity index is 556. The number of benzene rings is 1. The molecule has 5 heteroatoms. The van der Waals surface area contributed by atoms with Crippen LogP contribution >= 0.6 is 0 Å². The number of anilines is 1. The van der Waals surface area contributed by atoms with Crippen LogP contribution in [0.3, 0.4) is 0 Å². The number of hydrogen-bond donors (Lipinski definition) is 1. The standard InChI is InChI=1S/C16H18FNO3/c1-11(21-16(20)12-7-3-2-4-8-12)15(19)18-14-10-6-5-9-13(14)17/h2-3,5-6,9-12H,4,7-8H2,1H3,(H,18,19)/t11-,12+/m1/s1. The van der Waals surface area contributed by atoms with Crippen LogP contribution in [0.5, 0.6) is 0 Å². The number of rotatable bonds is 4. The van der Waals surface area contributed by atoms with Gasteiger partial charge in [-0.15, -0.1) is 0 Å². The van der Waals surface area contributed by atoms with Gasteiger partial charge in [-0.25, -0.2) is 4.39 Å². The monoisotopic (exact) mass is 291 g/mol. The molecule has 1 aliphatic carbocycles. The molecule has 2 atom stereocenters. The minimum absolute atomic E-state index is 0.0750. The predicted octanol–water partition coefficient (Wildman–Crippen LogP) is 3.05. The molecule has 1 aliphatic rings. The van der Waals surface area contributed by atoms with Crippen LogP contribution in [0.25, 0.3) is 0 Å². The maximum absolute atomic E-state index is 13.4. The molecule has 4 nitrogen and oxygen atoms in total. The van der Waals surface area contributed by atoms with Gasteiger partial charge < -0.3 is 10.1 Å². The number of esters is 1. The molecule has 21 heavy (non-hydrogen) atoms. The third-order valence-corrected chi connectivity index (χ3v) is 3.40. The molecule has 0 fully saturated rings. The first-order chi connectivity index (χ1) is 10.1. The first-order valence-corrected chi connectivity index (χ1v) is 6.99. The van der Waals surface area contributed by atoms with Gasteiger partial charge in [0.15, 0.2) is 6.10 Å². The Hall–Kier alpha value is -2.17. The van der Waals surface area contributed by atoms with E-state index >= 15 is 0 Å². The number of carbonyl (C=O) groups is 2. The molecule has 1 N–H and O–H groups in total. The van der Waals surface area contributed by atoms with E-state index in [2.05, 4.69) is 5.32 Å². The molecule has 2 rings (SSSR count). The molecule has 0 unspecified atom stereocenters. The number of nitrogens with one attached hydrogen (secondary N) is 1. The second-order valence-electron chi connectivity index (χ2n) is 5.03. The number of hydrogen-bond acceptors (Lipinski definition) is 3. The number of para-hydroxylation sites is 1. The highest BCUT2D eigenvalue weighted by atomic mass is 19.1. The Labute approximate surface area is 123 Å². The average Bonchev–Trinajstić information content (AvgIpc) is 2.50. The van der Waals surface area contributed by atoms with Crippen molar-refractivity contribution in [3.05, 3.63) is 42.2 Å². The molecule has 1 aromatic carbocycles. The van der Waals surface area contributed by atoms with E-state index in [0.29, 0.717) is 6.42 Å². The SMILES string of the molecule is C[C@@H](OC(=O)[C@H]1CC=CCC1)C(=O)Nc1ccccc1F. The Kier molecular flexibility index (Phi) is 5.09. The molecular formula is C16H18FNO3.